The zero-order valence-electron chi connectivity index (χ0n) is 11.5. The normalized spacial score (nSPS) is 17.5. The molecule has 1 unspecified atom stereocenters. The molecule has 1 atom stereocenters. The van der Waals surface area contributed by atoms with Crippen LogP contribution in [-0.2, 0) is 0 Å². The van der Waals surface area contributed by atoms with Gasteiger partial charge in [-0.2, -0.15) is 15.4 Å². The fraction of sp³-hybridized carbons (Fsp3) is 0.308. The lowest BCUT2D eigenvalue weighted by atomic mass is 10.1. The predicted octanol–water partition coefficient (Wildman–Crippen LogP) is 1.70. The van der Waals surface area contributed by atoms with E-state index in [1.54, 1.807) is 11.1 Å². The summed E-state index contributed by atoms with van der Waals surface area (Å²) in [6.07, 6.45) is 1.97. The van der Waals surface area contributed by atoms with Crippen LogP contribution in [0.4, 0.5) is 10.5 Å². The number of nitrogens with zero attached hydrogens (tertiary/aromatic N) is 4. The molecule has 1 aromatic carbocycles. The summed E-state index contributed by atoms with van der Waals surface area (Å²) in [6.45, 7) is 1.09. The molecule has 3 rings (SSSR count). The van der Waals surface area contributed by atoms with Gasteiger partial charge < -0.3 is 9.64 Å². The Morgan fingerprint density at radius 3 is 2.82 bits per heavy atom. The van der Waals surface area contributed by atoms with Gasteiger partial charge in [0.2, 0.25) is 0 Å². The molecule has 0 bridgehead atoms. The average molecular weight is 303 g/mol. The van der Waals surface area contributed by atoms with E-state index in [0.29, 0.717) is 13.1 Å². The summed E-state index contributed by atoms with van der Waals surface area (Å²) in [4.78, 5) is 23.7. The lowest BCUT2D eigenvalue weighted by molar-refractivity contribution is -0.384. The summed E-state index contributed by atoms with van der Waals surface area (Å²) in [6, 6.07) is 5.40. The standard InChI is InChI=1S/C13H13N5O4/c19-13(22-11-3-1-10(2-4-11)18(20)21)17-6-5-9(8-17)12-7-14-16-15-12/h1-4,7,9H,5-6,8H2,(H,14,15,16). The predicted molar refractivity (Wildman–Crippen MR) is 74.4 cm³/mol. The van der Waals surface area contributed by atoms with E-state index in [1.165, 1.54) is 24.3 Å². The summed E-state index contributed by atoms with van der Waals surface area (Å²) in [5.74, 6) is 0.420. The number of hydrogen-bond acceptors (Lipinski definition) is 6. The van der Waals surface area contributed by atoms with Crippen LogP contribution in [0.5, 0.6) is 5.75 Å². The maximum atomic E-state index is 12.1. The third-order valence-electron chi connectivity index (χ3n) is 3.55. The second kappa shape index (κ2) is 5.80. The molecule has 0 spiro atoms. The van der Waals surface area contributed by atoms with E-state index in [4.69, 9.17) is 4.74 Å². The Morgan fingerprint density at radius 1 is 1.41 bits per heavy atom. The minimum atomic E-state index is -0.505. The smallest absolute Gasteiger partial charge is 0.410 e. The van der Waals surface area contributed by atoms with Crippen LogP contribution in [0.1, 0.15) is 18.0 Å². The van der Waals surface area contributed by atoms with E-state index < -0.39 is 11.0 Å². The molecule has 9 nitrogen and oxygen atoms in total. The number of aromatic amines is 1. The molecule has 9 heteroatoms. The Labute approximate surface area is 125 Å². The van der Waals surface area contributed by atoms with Crippen LogP contribution in [0.2, 0.25) is 0 Å². The number of rotatable bonds is 3. The minimum Gasteiger partial charge on any atom is -0.410 e. The minimum absolute atomic E-state index is 0.0490. The van der Waals surface area contributed by atoms with E-state index in [2.05, 4.69) is 15.4 Å². The maximum Gasteiger partial charge on any atom is 0.415 e. The van der Waals surface area contributed by atoms with E-state index >= 15 is 0 Å². The first-order valence-corrected chi connectivity index (χ1v) is 6.70. The number of H-pyrrole nitrogens is 1. The van der Waals surface area contributed by atoms with Gasteiger partial charge >= 0.3 is 6.09 Å². The third kappa shape index (κ3) is 2.87. The van der Waals surface area contributed by atoms with Crippen molar-refractivity contribution in [2.45, 2.75) is 12.3 Å². The number of nitro groups is 1. The van der Waals surface area contributed by atoms with Crippen LogP contribution in [0.3, 0.4) is 0 Å². The van der Waals surface area contributed by atoms with Gasteiger partial charge in [-0.1, -0.05) is 0 Å². The van der Waals surface area contributed by atoms with Crippen molar-refractivity contribution in [2.24, 2.45) is 0 Å². The van der Waals surface area contributed by atoms with Crippen molar-refractivity contribution >= 4 is 11.8 Å². The summed E-state index contributed by atoms with van der Waals surface area (Å²) in [5, 5.41) is 20.9. The highest BCUT2D eigenvalue weighted by Crippen LogP contribution is 2.26. The topological polar surface area (TPSA) is 114 Å². The highest BCUT2D eigenvalue weighted by atomic mass is 16.6. The maximum absolute atomic E-state index is 12.1. The number of likely N-dealkylation sites (tertiary alicyclic amines) is 1. The highest BCUT2D eigenvalue weighted by Gasteiger charge is 2.30. The van der Waals surface area contributed by atoms with Gasteiger partial charge in [-0.15, -0.1) is 0 Å². The lowest BCUT2D eigenvalue weighted by Crippen LogP contribution is -2.31. The lowest BCUT2D eigenvalue weighted by Gasteiger charge is -2.15. The average Bonchev–Trinajstić information content (AvgIpc) is 3.19. The number of aromatic nitrogens is 3. The molecule has 22 heavy (non-hydrogen) atoms. The van der Waals surface area contributed by atoms with Crippen LogP contribution in [-0.4, -0.2) is 44.4 Å². The molecule has 1 aromatic heterocycles. The molecule has 0 radical (unpaired) electrons. The van der Waals surface area contributed by atoms with Gasteiger partial charge in [0.15, 0.2) is 0 Å². The summed E-state index contributed by atoms with van der Waals surface area (Å²) >= 11 is 0. The Balaban J connectivity index is 1.59. The van der Waals surface area contributed by atoms with E-state index in [0.717, 1.165) is 12.1 Å². The van der Waals surface area contributed by atoms with Crippen LogP contribution in [0.15, 0.2) is 30.5 Å². The Kier molecular flexibility index (Phi) is 3.69. The molecule has 2 heterocycles. The van der Waals surface area contributed by atoms with Gasteiger partial charge in [-0.05, 0) is 18.6 Å². The first-order chi connectivity index (χ1) is 10.6. The van der Waals surface area contributed by atoms with Crippen LogP contribution in [0, 0.1) is 10.1 Å². The molecule has 0 aliphatic carbocycles. The molecular formula is C13H13N5O4. The number of carbonyl (C=O) groups excluding carboxylic acids is 1. The SMILES string of the molecule is O=C(Oc1ccc([N+](=O)[O-])cc1)N1CCC(c2cn[nH]n2)C1. The molecule has 1 aliphatic rings. The number of hydrogen-bond donors (Lipinski definition) is 1. The third-order valence-corrected chi connectivity index (χ3v) is 3.55. The molecule has 1 amide bonds. The Bertz CT molecular complexity index is 670. The number of amides is 1. The van der Waals surface area contributed by atoms with Gasteiger partial charge in [0, 0.05) is 31.1 Å². The second-order valence-corrected chi connectivity index (χ2v) is 4.95. The molecule has 2 aromatic rings. The highest BCUT2D eigenvalue weighted by molar-refractivity contribution is 5.71. The van der Waals surface area contributed by atoms with Crippen molar-refractivity contribution < 1.29 is 14.5 Å². The second-order valence-electron chi connectivity index (χ2n) is 4.95. The molecule has 1 fully saturated rings. The van der Waals surface area contributed by atoms with E-state index in [9.17, 15) is 14.9 Å². The van der Waals surface area contributed by atoms with Gasteiger partial charge in [-0.3, -0.25) is 10.1 Å². The number of benzene rings is 1. The van der Waals surface area contributed by atoms with Gasteiger partial charge in [-0.25, -0.2) is 4.79 Å². The number of nitro benzene ring substituents is 1. The van der Waals surface area contributed by atoms with Crippen LogP contribution >= 0.6 is 0 Å². The van der Waals surface area contributed by atoms with Crippen LogP contribution in [0.25, 0.3) is 0 Å². The molecule has 0 saturated carbocycles. The first kappa shape index (κ1) is 14.0. The summed E-state index contributed by atoms with van der Waals surface area (Å²) < 4.78 is 5.22. The van der Waals surface area contributed by atoms with E-state index in [1.807, 2.05) is 0 Å². The van der Waals surface area contributed by atoms with Crippen molar-refractivity contribution in [2.75, 3.05) is 13.1 Å². The van der Waals surface area contributed by atoms with Crippen LogP contribution < -0.4 is 4.74 Å². The molecule has 1 N–H and O–H groups in total. The fourth-order valence-corrected chi connectivity index (χ4v) is 2.38. The molecule has 1 saturated heterocycles. The summed E-state index contributed by atoms with van der Waals surface area (Å²) in [7, 11) is 0. The number of ether oxygens (including phenoxy) is 1. The number of carbonyl (C=O) groups is 1. The zero-order chi connectivity index (χ0) is 15.5. The van der Waals surface area contributed by atoms with E-state index in [-0.39, 0.29) is 17.4 Å². The van der Waals surface area contributed by atoms with Crippen molar-refractivity contribution in [3.05, 3.63) is 46.3 Å². The van der Waals surface area contributed by atoms with Gasteiger partial charge in [0.25, 0.3) is 5.69 Å². The monoisotopic (exact) mass is 303 g/mol. The van der Waals surface area contributed by atoms with Gasteiger partial charge in [0.05, 0.1) is 16.8 Å². The van der Waals surface area contributed by atoms with Crippen molar-refractivity contribution in [3.8, 4) is 5.75 Å². The number of non-ortho nitro benzene ring substituents is 1. The summed E-state index contributed by atoms with van der Waals surface area (Å²) in [5.41, 5.74) is 0.776. The zero-order valence-corrected chi connectivity index (χ0v) is 11.5. The van der Waals surface area contributed by atoms with Gasteiger partial charge in [0.1, 0.15) is 5.75 Å². The van der Waals surface area contributed by atoms with Crippen molar-refractivity contribution in [1.82, 2.24) is 20.3 Å². The largest absolute Gasteiger partial charge is 0.415 e. The Hall–Kier alpha value is -2.97. The van der Waals surface area contributed by atoms with Crippen molar-refractivity contribution in [1.29, 1.82) is 0 Å². The first-order valence-electron chi connectivity index (χ1n) is 6.70. The quantitative estimate of drug-likeness (QED) is 0.681. The molecule has 1 aliphatic heterocycles. The number of nitrogens with one attached hydrogen (secondary N) is 1. The Morgan fingerprint density at radius 2 is 2.18 bits per heavy atom. The van der Waals surface area contributed by atoms with Crippen molar-refractivity contribution in [3.63, 3.8) is 0 Å². The molecular weight excluding hydrogens is 290 g/mol. The molecule has 114 valence electrons. The fourth-order valence-electron chi connectivity index (χ4n) is 2.38.